The monoisotopic (exact) mass is 384 g/mol. The van der Waals surface area contributed by atoms with Crippen molar-refractivity contribution in [2.24, 2.45) is 0 Å². The van der Waals surface area contributed by atoms with Crippen molar-refractivity contribution in [3.8, 4) is 0 Å². The number of hydrogen-bond acceptors (Lipinski definition) is 5. The van der Waals surface area contributed by atoms with Crippen LogP contribution in [0.25, 0.3) is 10.2 Å². The molecule has 0 bridgehead atoms. The normalized spacial score (nSPS) is 15.2. The summed E-state index contributed by atoms with van der Waals surface area (Å²) in [7, 11) is 0. The molecule has 1 fully saturated rings. The molecule has 0 aliphatic carbocycles. The van der Waals surface area contributed by atoms with E-state index in [-0.39, 0.29) is 5.82 Å². The maximum absolute atomic E-state index is 13.2. The lowest BCUT2D eigenvalue weighted by atomic mass is 10.1. The largest absolute Gasteiger partial charge is 0.368 e. The minimum absolute atomic E-state index is 0.190. The van der Waals surface area contributed by atoms with Gasteiger partial charge in [0.05, 0.1) is 5.39 Å². The molecule has 3 heterocycles. The van der Waals surface area contributed by atoms with Gasteiger partial charge in [0.1, 0.15) is 22.3 Å². The topological polar surface area (TPSA) is 32.3 Å². The van der Waals surface area contributed by atoms with Crippen molar-refractivity contribution in [1.82, 2.24) is 9.97 Å². The highest BCUT2D eigenvalue weighted by Crippen LogP contribution is 2.36. The van der Waals surface area contributed by atoms with E-state index >= 15 is 0 Å². The Balaban J connectivity index is 1.64. The number of rotatable bonds is 3. The van der Waals surface area contributed by atoms with Gasteiger partial charge in [-0.2, -0.15) is 0 Å². The Hall–Kier alpha value is -2.21. The quantitative estimate of drug-likeness (QED) is 0.643. The summed E-state index contributed by atoms with van der Waals surface area (Å²) >= 11 is 1.76. The number of aromatic nitrogens is 2. The summed E-state index contributed by atoms with van der Waals surface area (Å²) in [6.45, 7) is 12.2. The van der Waals surface area contributed by atoms with Crippen molar-refractivity contribution in [3.05, 3.63) is 46.3 Å². The van der Waals surface area contributed by atoms with Crippen LogP contribution in [-0.4, -0.2) is 36.1 Å². The van der Waals surface area contributed by atoms with Gasteiger partial charge in [-0.3, -0.25) is 0 Å². The second-order valence-corrected chi connectivity index (χ2v) is 8.68. The molecule has 0 radical (unpaired) electrons. The third kappa shape index (κ3) is 3.38. The molecule has 0 N–H and O–H groups in total. The molecule has 4 nitrogen and oxygen atoms in total. The van der Waals surface area contributed by atoms with Crippen LogP contribution in [0, 0.1) is 19.7 Å². The number of benzene rings is 1. The second-order valence-electron chi connectivity index (χ2n) is 7.47. The highest BCUT2D eigenvalue weighted by Gasteiger charge is 2.24. The number of fused-ring (bicyclic) bond motifs is 1. The molecule has 2 aromatic heterocycles. The zero-order valence-electron chi connectivity index (χ0n) is 16.3. The number of halogens is 1. The second kappa shape index (κ2) is 7.08. The third-order valence-electron chi connectivity index (χ3n) is 5.31. The smallest absolute Gasteiger partial charge is 0.141 e. The van der Waals surface area contributed by atoms with Gasteiger partial charge in [0.2, 0.25) is 0 Å². The predicted octanol–water partition coefficient (Wildman–Crippen LogP) is 4.90. The molecule has 1 aliphatic rings. The minimum atomic E-state index is -0.190. The highest BCUT2D eigenvalue weighted by atomic mass is 32.1. The van der Waals surface area contributed by atoms with Crippen LogP contribution >= 0.6 is 11.3 Å². The summed E-state index contributed by atoms with van der Waals surface area (Å²) < 4.78 is 13.2. The zero-order valence-corrected chi connectivity index (χ0v) is 17.1. The molecule has 0 spiro atoms. The number of thiophene rings is 1. The molecule has 1 saturated heterocycles. The lowest BCUT2D eigenvalue weighted by molar-refractivity contribution is 0.624. The van der Waals surface area contributed by atoms with Crippen molar-refractivity contribution >= 4 is 33.1 Å². The number of piperazine rings is 1. The summed E-state index contributed by atoms with van der Waals surface area (Å²) in [5, 5.41) is 1.21. The van der Waals surface area contributed by atoms with E-state index in [0.717, 1.165) is 48.3 Å². The Bertz CT molecular complexity index is 956. The minimum Gasteiger partial charge on any atom is -0.368 e. The van der Waals surface area contributed by atoms with E-state index in [0.29, 0.717) is 5.92 Å². The molecular formula is C21H25FN4S. The molecule has 27 heavy (non-hydrogen) atoms. The van der Waals surface area contributed by atoms with Gasteiger partial charge in [-0.1, -0.05) is 13.8 Å². The molecule has 142 valence electrons. The van der Waals surface area contributed by atoms with Crippen LogP contribution in [0.5, 0.6) is 0 Å². The number of hydrogen-bond donors (Lipinski definition) is 0. The number of aryl methyl sites for hydroxylation is 2. The van der Waals surface area contributed by atoms with Gasteiger partial charge in [0.15, 0.2) is 0 Å². The number of nitrogens with zero attached hydrogens (tertiary/aromatic N) is 4. The van der Waals surface area contributed by atoms with Crippen LogP contribution in [0.4, 0.5) is 15.9 Å². The van der Waals surface area contributed by atoms with Crippen molar-refractivity contribution in [1.29, 1.82) is 0 Å². The van der Waals surface area contributed by atoms with E-state index in [1.54, 1.807) is 11.3 Å². The average Bonchev–Trinajstić information content (AvgIpc) is 2.96. The SMILES string of the molecule is Cc1sc2nc(C(C)C)nc(N3CCN(c4ccc(F)cc4)CC3)c2c1C. The van der Waals surface area contributed by atoms with E-state index in [9.17, 15) is 4.39 Å². The molecule has 0 saturated carbocycles. The first-order chi connectivity index (χ1) is 12.9. The fourth-order valence-electron chi connectivity index (χ4n) is 3.56. The fourth-order valence-corrected chi connectivity index (χ4v) is 4.59. The van der Waals surface area contributed by atoms with E-state index in [2.05, 4.69) is 37.5 Å². The van der Waals surface area contributed by atoms with Gasteiger partial charge in [0.25, 0.3) is 0 Å². The van der Waals surface area contributed by atoms with Crippen LogP contribution in [-0.2, 0) is 0 Å². The Morgan fingerprint density at radius 2 is 1.59 bits per heavy atom. The number of anilines is 2. The maximum atomic E-state index is 13.2. The Morgan fingerprint density at radius 1 is 0.963 bits per heavy atom. The van der Waals surface area contributed by atoms with Gasteiger partial charge in [-0.05, 0) is 43.7 Å². The van der Waals surface area contributed by atoms with Gasteiger partial charge in [0, 0.05) is 42.7 Å². The summed E-state index contributed by atoms with van der Waals surface area (Å²) in [5.41, 5.74) is 2.37. The van der Waals surface area contributed by atoms with Crippen molar-refractivity contribution in [2.75, 3.05) is 36.0 Å². The van der Waals surface area contributed by atoms with Gasteiger partial charge >= 0.3 is 0 Å². The summed E-state index contributed by atoms with van der Waals surface area (Å²) in [6.07, 6.45) is 0. The maximum Gasteiger partial charge on any atom is 0.141 e. The Morgan fingerprint density at radius 3 is 2.22 bits per heavy atom. The van der Waals surface area contributed by atoms with Gasteiger partial charge in [-0.15, -0.1) is 11.3 Å². The molecule has 0 amide bonds. The highest BCUT2D eigenvalue weighted by molar-refractivity contribution is 7.18. The van der Waals surface area contributed by atoms with Crippen LogP contribution in [0.15, 0.2) is 24.3 Å². The first kappa shape index (κ1) is 18.2. The lowest BCUT2D eigenvalue weighted by Crippen LogP contribution is -2.47. The molecule has 1 aromatic carbocycles. The molecular weight excluding hydrogens is 359 g/mol. The first-order valence-electron chi connectivity index (χ1n) is 9.47. The summed E-state index contributed by atoms with van der Waals surface area (Å²) in [4.78, 5) is 16.9. The molecule has 0 atom stereocenters. The van der Waals surface area contributed by atoms with Gasteiger partial charge in [-0.25, -0.2) is 14.4 Å². The molecule has 6 heteroatoms. The van der Waals surface area contributed by atoms with Crippen molar-refractivity contribution < 1.29 is 4.39 Å². The summed E-state index contributed by atoms with van der Waals surface area (Å²) in [6, 6.07) is 6.78. The standard InChI is InChI=1S/C21H25FN4S/c1-13(2)19-23-20(18-14(3)15(4)27-21(18)24-19)26-11-9-25(10-12-26)17-7-5-16(22)6-8-17/h5-8,13H,9-12H2,1-4H3. The van der Waals surface area contributed by atoms with Crippen LogP contribution in [0.2, 0.25) is 0 Å². The van der Waals surface area contributed by atoms with Crippen LogP contribution in [0.1, 0.15) is 36.0 Å². The van der Waals surface area contributed by atoms with Gasteiger partial charge < -0.3 is 9.80 Å². The zero-order chi connectivity index (χ0) is 19.1. The van der Waals surface area contributed by atoms with Crippen molar-refractivity contribution in [2.45, 2.75) is 33.6 Å². The summed E-state index contributed by atoms with van der Waals surface area (Å²) in [5.74, 6) is 2.10. The van der Waals surface area contributed by atoms with Crippen molar-refractivity contribution in [3.63, 3.8) is 0 Å². The molecule has 0 unspecified atom stereocenters. The fraction of sp³-hybridized carbons (Fsp3) is 0.429. The van der Waals surface area contributed by atoms with E-state index < -0.39 is 0 Å². The van der Waals surface area contributed by atoms with E-state index in [1.165, 1.54) is 28.0 Å². The Labute approximate surface area is 163 Å². The predicted molar refractivity (Wildman–Crippen MR) is 112 cm³/mol. The molecule has 4 rings (SSSR count). The van der Waals surface area contributed by atoms with E-state index in [1.807, 2.05) is 12.1 Å². The Kier molecular flexibility index (Phi) is 4.76. The third-order valence-corrected chi connectivity index (χ3v) is 6.42. The lowest BCUT2D eigenvalue weighted by Gasteiger charge is -2.37. The van der Waals surface area contributed by atoms with Crippen LogP contribution < -0.4 is 9.80 Å². The molecule has 1 aliphatic heterocycles. The first-order valence-corrected chi connectivity index (χ1v) is 10.3. The van der Waals surface area contributed by atoms with E-state index in [4.69, 9.17) is 9.97 Å². The van der Waals surface area contributed by atoms with Crippen LogP contribution in [0.3, 0.4) is 0 Å². The average molecular weight is 385 g/mol. The molecule has 3 aromatic rings.